The van der Waals surface area contributed by atoms with Gasteiger partial charge >= 0.3 is 0 Å². The van der Waals surface area contributed by atoms with Gasteiger partial charge in [0.25, 0.3) is 0 Å². The molecule has 1 saturated heterocycles. The van der Waals surface area contributed by atoms with E-state index in [1.165, 1.54) is 12.8 Å². The highest BCUT2D eigenvalue weighted by atomic mass is 16.5. The van der Waals surface area contributed by atoms with Crippen molar-refractivity contribution in [3.63, 3.8) is 0 Å². The van der Waals surface area contributed by atoms with Crippen LogP contribution < -0.4 is 9.64 Å². The molecule has 2 aromatic heterocycles. The molecule has 0 aromatic carbocycles. The number of rotatable bonds is 5. The summed E-state index contributed by atoms with van der Waals surface area (Å²) in [7, 11) is 0. The Balaban J connectivity index is 1.40. The number of ether oxygens (including phenoxy) is 1. The molecular weight excluding hydrogens is 326 g/mol. The molecule has 4 rings (SSSR count). The highest BCUT2D eigenvalue weighted by Crippen LogP contribution is 2.38. The van der Waals surface area contributed by atoms with Gasteiger partial charge in [0.05, 0.1) is 18.2 Å². The molecule has 3 heterocycles. The van der Waals surface area contributed by atoms with Gasteiger partial charge in [-0.05, 0) is 38.7 Å². The smallest absolute Gasteiger partial charge is 0.214 e. The van der Waals surface area contributed by atoms with Crippen LogP contribution >= 0.6 is 0 Å². The average Bonchev–Trinajstić information content (AvgIpc) is 3.52. The molecule has 2 fully saturated rings. The van der Waals surface area contributed by atoms with E-state index in [9.17, 15) is 0 Å². The van der Waals surface area contributed by atoms with Crippen molar-refractivity contribution in [2.75, 3.05) is 24.6 Å². The lowest BCUT2D eigenvalue weighted by Gasteiger charge is -2.33. The van der Waals surface area contributed by atoms with Crippen molar-refractivity contribution in [2.45, 2.75) is 38.5 Å². The van der Waals surface area contributed by atoms with Crippen molar-refractivity contribution >= 4 is 5.82 Å². The second-order valence-corrected chi connectivity index (χ2v) is 7.26. The maximum atomic E-state index is 8.98. The third kappa shape index (κ3) is 3.93. The van der Waals surface area contributed by atoms with Gasteiger partial charge in [-0.1, -0.05) is 0 Å². The van der Waals surface area contributed by atoms with Gasteiger partial charge in [-0.25, -0.2) is 15.0 Å². The van der Waals surface area contributed by atoms with E-state index >= 15 is 0 Å². The molecule has 1 saturated carbocycles. The van der Waals surface area contributed by atoms with Crippen LogP contribution in [0.1, 0.15) is 48.7 Å². The fourth-order valence-electron chi connectivity index (χ4n) is 3.43. The van der Waals surface area contributed by atoms with Gasteiger partial charge < -0.3 is 9.64 Å². The van der Waals surface area contributed by atoms with E-state index in [1.54, 1.807) is 18.3 Å². The minimum absolute atomic E-state index is 0.427. The summed E-state index contributed by atoms with van der Waals surface area (Å²) in [4.78, 5) is 16.0. The first-order valence-electron chi connectivity index (χ1n) is 9.31. The molecule has 6 heteroatoms. The first-order chi connectivity index (χ1) is 12.7. The number of aryl methyl sites for hydroxylation is 1. The van der Waals surface area contributed by atoms with E-state index in [4.69, 9.17) is 15.0 Å². The summed E-state index contributed by atoms with van der Waals surface area (Å²) in [6.07, 6.45) is 6.31. The van der Waals surface area contributed by atoms with Crippen LogP contribution in [0.5, 0.6) is 5.88 Å². The highest BCUT2D eigenvalue weighted by Gasteiger charge is 2.28. The summed E-state index contributed by atoms with van der Waals surface area (Å²) < 4.78 is 5.85. The molecule has 0 spiro atoms. The largest absolute Gasteiger partial charge is 0.477 e. The van der Waals surface area contributed by atoms with Crippen molar-refractivity contribution < 1.29 is 4.74 Å². The number of pyridine rings is 1. The van der Waals surface area contributed by atoms with Crippen LogP contribution in [0.2, 0.25) is 0 Å². The highest BCUT2D eigenvalue weighted by molar-refractivity contribution is 5.41. The number of anilines is 1. The predicted molar refractivity (Wildman–Crippen MR) is 98.1 cm³/mol. The number of piperidine rings is 1. The van der Waals surface area contributed by atoms with Crippen molar-refractivity contribution in [2.24, 2.45) is 5.92 Å². The summed E-state index contributed by atoms with van der Waals surface area (Å²) in [6.45, 7) is 4.62. The molecule has 2 aliphatic rings. The van der Waals surface area contributed by atoms with Crippen molar-refractivity contribution in [1.29, 1.82) is 5.26 Å². The third-order valence-electron chi connectivity index (χ3n) is 4.97. The molecule has 134 valence electrons. The molecule has 1 aliphatic carbocycles. The van der Waals surface area contributed by atoms with Crippen LogP contribution in [0.4, 0.5) is 5.82 Å². The summed E-state index contributed by atoms with van der Waals surface area (Å²) in [5.74, 6) is 3.58. The minimum atomic E-state index is 0.427. The quantitative estimate of drug-likeness (QED) is 0.825. The van der Waals surface area contributed by atoms with E-state index in [0.29, 0.717) is 29.9 Å². The summed E-state index contributed by atoms with van der Waals surface area (Å²) in [5.41, 5.74) is 1.62. The number of aromatic nitrogens is 3. The fraction of sp³-hybridized carbons (Fsp3) is 0.500. The zero-order valence-electron chi connectivity index (χ0n) is 15.1. The van der Waals surface area contributed by atoms with Gasteiger partial charge in [-0.3, -0.25) is 0 Å². The van der Waals surface area contributed by atoms with Gasteiger partial charge in [0.2, 0.25) is 5.88 Å². The monoisotopic (exact) mass is 349 g/mol. The SMILES string of the molecule is Cc1cc(N2CCCC(COc3cc(C#N)ccn3)C2)nc(C2CC2)n1. The van der Waals surface area contributed by atoms with E-state index in [1.807, 2.05) is 0 Å². The number of hydrogen-bond donors (Lipinski definition) is 0. The lowest BCUT2D eigenvalue weighted by molar-refractivity contribution is 0.221. The van der Waals surface area contributed by atoms with Crippen molar-refractivity contribution in [1.82, 2.24) is 15.0 Å². The summed E-state index contributed by atoms with van der Waals surface area (Å²) in [6, 6.07) is 7.58. The molecule has 1 atom stereocenters. The Bertz CT molecular complexity index is 827. The van der Waals surface area contributed by atoms with Crippen molar-refractivity contribution in [3.05, 3.63) is 41.5 Å². The topological polar surface area (TPSA) is 74.9 Å². The molecule has 0 N–H and O–H groups in total. The summed E-state index contributed by atoms with van der Waals surface area (Å²) >= 11 is 0. The van der Waals surface area contributed by atoms with Crippen LogP contribution in [0, 0.1) is 24.2 Å². The molecule has 0 amide bonds. The van der Waals surface area contributed by atoms with E-state index < -0.39 is 0 Å². The molecule has 26 heavy (non-hydrogen) atoms. The van der Waals surface area contributed by atoms with Gasteiger partial charge in [-0.2, -0.15) is 5.26 Å². The predicted octanol–water partition coefficient (Wildman–Crippen LogP) is 3.22. The number of nitriles is 1. The Morgan fingerprint density at radius 1 is 1.27 bits per heavy atom. The molecule has 6 nitrogen and oxygen atoms in total. The third-order valence-corrected chi connectivity index (χ3v) is 4.97. The normalized spacial score (nSPS) is 19.8. The fourth-order valence-corrected chi connectivity index (χ4v) is 3.43. The van der Waals surface area contributed by atoms with E-state index in [2.05, 4.69) is 33.9 Å². The average molecular weight is 349 g/mol. The summed E-state index contributed by atoms with van der Waals surface area (Å²) in [5, 5.41) is 8.98. The lowest BCUT2D eigenvalue weighted by Crippen LogP contribution is -2.38. The molecule has 1 aliphatic heterocycles. The first-order valence-corrected chi connectivity index (χ1v) is 9.31. The molecule has 0 bridgehead atoms. The van der Waals surface area contributed by atoms with Gasteiger partial charge in [0.1, 0.15) is 11.6 Å². The zero-order valence-corrected chi connectivity index (χ0v) is 15.1. The Hall–Kier alpha value is -2.68. The van der Waals surface area contributed by atoms with Crippen LogP contribution in [0.15, 0.2) is 24.4 Å². The molecular formula is C20H23N5O. The van der Waals surface area contributed by atoms with E-state index in [-0.39, 0.29) is 0 Å². The Morgan fingerprint density at radius 3 is 2.96 bits per heavy atom. The van der Waals surface area contributed by atoms with Gasteiger partial charge in [-0.15, -0.1) is 0 Å². The zero-order chi connectivity index (χ0) is 17.9. The van der Waals surface area contributed by atoms with Gasteiger partial charge in [0, 0.05) is 48.9 Å². The Morgan fingerprint density at radius 2 is 2.15 bits per heavy atom. The number of hydrogen-bond acceptors (Lipinski definition) is 6. The Kier molecular flexibility index (Phi) is 4.70. The van der Waals surface area contributed by atoms with Crippen LogP contribution in [-0.4, -0.2) is 34.6 Å². The lowest BCUT2D eigenvalue weighted by atomic mass is 9.99. The van der Waals surface area contributed by atoms with Crippen LogP contribution in [0.3, 0.4) is 0 Å². The van der Waals surface area contributed by atoms with Gasteiger partial charge in [0.15, 0.2) is 0 Å². The second-order valence-electron chi connectivity index (χ2n) is 7.26. The van der Waals surface area contributed by atoms with Crippen LogP contribution in [-0.2, 0) is 0 Å². The standard InChI is InChI=1S/C20H23N5O/c1-14-9-18(24-20(23-14)17-4-5-17)25-8-2-3-16(12-25)13-26-19-10-15(11-21)6-7-22-19/h6-7,9-10,16-17H,2-5,8,12-13H2,1H3. The first kappa shape index (κ1) is 16.8. The second kappa shape index (κ2) is 7.28. The van der Waals surface area contributed by atoms with Crippen LogP contribution in [0.25, 0.3) is 0 Å². The Labute approximate surface area is 153 Å². The number of nitrogens with zero attached hydrogens (tertiary/aromatic N) is 5. The molecule has 1 unspecified atom stereocenters. The molecule has 2 aromatic rings. The van der Waals surface area contributed by atoms with E-state index in [0.717, 1.165) is 43.3 Å². The minimum Gasteiger partial charge on any atom is -0.477 e. The molecule has 0 radical (unpaired) electrons. The maximum Gasteiger partial charge on any atom is 0.214 e. The van der Waals surface area contributed by atoms with Crippen molar-refractivity contribution in [3.8, 4) is 11.9 Å². The maximum absolute atomic E-state index is 8.98.